The Hall–Kier alpha value is -0.0400. The van der Waals surface area contributed by atoms with Crippen molar-refractivity contribution in [2.75, 3.05) is 0 Å². The van der Waals surface area contributed by atoms with E-state index in [1.807, 2.05) is 0 Å². The Kier molecular flexibility index (Phi) is 5.54. The van der Waals surface area contributed by atoms with Gasteiger partial charge in [0, 0.05) is 6.04 Å². The van der Waals surface area contributed by atoms with E-state index in [0.717, 1.165) is 11.8 Å². The van der Waals surface area contributed by atoms with Crippen LogP contribution in [0, 0.1) is 11.8 Å². The predicted octanol–water partition coefficient (Wildman–Crippen LogP) is 3.72. The van der Waals surface area contributed by atoms with Crippen LogP contribution < -0.4 is 5.73 Å². The van der Waals surface area contributed by atoms with Gasteiger partial charge in [0.25, 0.3) is 0 Å². The summed E-state index contributed by atoms with van der Waals surface area (Å²) in [6.07, 6.45) is 10.9. The van der Waals surface area contributed by atoms with Gasteiger partial charge in [0.15, 0.2) is 0 Å². The van der Waals surface area contributed by atoms with Crippen LogP contribution in [0.3, 0.4) is 0 Å². The largest absolute Gasteiger partial charge is 0.328 e. The Morgan fingerprint density at radius 1 is 1.29 bits per heavy atom. The molecule has 1 fully saturated rings. The number of nitrogens with two attached hydrogens (primary N) is 1. The molecule has 1 saturated carbocycles. The van der Waals surface area contributed by atoms with Crippen LogP contribution >= 0.6 is 0 Å². The minimum Gasteiger partial charge on any atom is -0.328 e. The maximum absolute atomic E-state index is 6.18. The van der Waals surface area contributed by atoms with Crippen LogP contribution in [0.4, 0.5) is 0 Å². The van der Waals surface area contributed by atoms with Crippen molar-refractivity contribution in [3.63, 3.8) is 0 Å². The molecule has 2 unspecified atom stereocenters. The van der Waals surface area contributed by atoms with Gasteiger partial charge in [-0.25, -0.2) is 0 Å². The smallest absolute Gasteiger partial charge is 0.00440 e. The zero-order chi connectivity index (χ0) is 10.4. The highest BCUT2D eigenvalue weighted by Gasteiger charge is 2.18. The second-order valence-electron chi connectivity index (χ2n) is 5.28. The number of hydrogen-bond acceptors (Lipinski definition) is 1. The molecular weight excluding hydrogens is 170 g/mol. The third-order valence-electron chi connectivity index (χ3n) is 3.60. The highest BCUT2D eigenvalue weighted by molar-refractivity contribution is 4.74. The van der Waals surface area contributed by atoms with E-state index in [0.29, 0.717) is 6.04 Å². The molecule has 0 spiro atoms. The molecule has 0 saturated heterocycles. The highest BCUT2D eigenvalue weighted by Crippen LogP contribution is 2.29. The lowest BCUT2D eigenvalue weighted by molar-refractivity contribution is 0.369. The van der Waals surface area contributed by atoms with Gasteiger partial charge in [-0.15, -0.1) is 0 Å². The van der Waals surface area contributed by atoms with E-state index >= 15 is 0 Å². The molecule has 0 heterocycles. The maximum Gasteiger partial charge on any atom is 0.00440 e. The summed E-state index contributed by atoms with van der Waals surface area (Å²) in [4.78, 5) is 0. The van der Waals surface area contributed by atoms with E-state index in [9.17, 15) is 0 Å². The van der Waals surface area contributed by atoms with Crippen LogP contribution in [-0.2, 0) is 0 Å². The quantitative estimate of drug-likeness (QED) is 0.690. The molecule has 1 rings (SSSR count). The zero-order valence-corrected chi connectivity index (χ0v) is 9.97. The minimum atomic E-state index is 0.472. The van der Waals surface area contributed by atoms with E-state index in [1.165, 1.54) is 51.4 Å². The van der Waals surface area contributed by atoms with Crippen LogP contribution in [0.2, 0.25) is 0 Å². The van der Waals surface area contributed by atoms with Gasteiger partial charge >= 0.3 is 0 Å². The first kappa shape index (κ1) is 12.0. The van der Waals surface area contributed by atoms with E-state index in [4.69, 9.17) is 5.73 Å². The Bertz CT molecular complexity index is 138. The van der Waals surface area contributed by atoms with E-state index < -0.39 is 0 Å². The lowest BCUT2D eigenvalue weighted by Gasteiger charge is -2.19. The first-order valence-corrected chi connectivity index (χ1v) is 6.48. The van der Waals surface area contributed by atoms with E-state index in [2.05, 4.69) is 13.8 Å². The maximum atomic E-state index is 6.18. The van der Waals surface area contributed by atoms with E-state index in [1.54, 1.807) is 0 Å². The summed E-state index contributed by atoms with van der Waals surface area (Å²) in [5.41, 5.74) is 6.18. The molecule has 1 aliphatic rings. The molecule has 0 aromatic rings. The van der Waals surface area contributed by atoms with Gasteiger partial charge in [0.1, 0.15) is 0 Å². The van der Waals surface area contributed by atoms with Crippen molar-refractivity contribution in [1.82, 2.24) is 0 Å². The van der Waals surface area contributed by atoms with Crippen molar-refractivity contribution >= 4 is 0 Å². The molecule has 1 aliphatic carbocycles. The molecule has 0 aliphatic heterocycles. The second kappa shape index (κ2) is 6.44. The van der Waals surface area contributed by atoms with Crippen molar-refractivity contribution in [2.45, 2.75) is 71.3 Å². The van der Waals surface area contributed by atoms with Crippen molar-refractivity contribution in [1.29, 1.82) is 0 Å². The van der Waals surface area contributed by atoms with Crippen LogP contribution in [0.5, 0.6) is 0 Å². The molecule has 0 bridgehead atoms. The van der Waals surface area contributed by atoms with Crippen LogP contribution in [0.15, 0.2) is 0 Å². The number of hydrogen-bond donors (Lipinski definition) is 1. The average Bonchev–Trinajstić information content (AvgIpc) is 2.56. The normalized spacial score (nSPS) is 22.5. The zero-order valence-electron chi connectivity index (χ0n) is 9.97. The van der Waals surface area contributed by atoms with Crippen molar-refractivity contribution in [2.24, 2.45) is 17.6 Å². The number of rotatable bonds is 6. The average molecular weight is 197 g/mol. The first-order valence-electron chi connectivity index (χ1n) is 6.48. The molecule has 0 amide bonds. The summed E-state index contributed by atoms with van der Waals surface area (Å²) < 4.78 is 0. The fourth-order valence-corrected chi connectivity index (χ4v) is 2.90. The predicted molar refractivity (Wildman–Crippen MR) is 63.2 cm³/mol. The topological polar surface area (TPSA) is 26.0 Å². The van der Waals surface area contributed by atoms with Crippen molar-refractivity contribution in [3.8, 4) is 0 Å². The van der Waals surface area contributed by atoms with Gasteiger partial charge in [-0.05, 0) is 24.7 Å². The van der Waals surface area contributed by atoms with Crippen LogP contribution in [0.1, 0.15) is 65.2 Å². The summed E-state index contributed by atoms with van der Waals surface area (Å²) in [5.74, 6) is 1.79. The van der Waals surface area contributed by atoms with Gasteiger partial charge in [0.2, 0.25) is 0 Å². The summed E-state index contributed by atoms with van der Waals surface area (Å²) in [5, 5.41) is 0. The summed E-state index contributed by atoms with van der Waals surface area (Å²) in [6.45, 7) is 4.61. The molecule has 1 nitrogen and oxygen atoms in total. The molecular formula is C13H27N. The van der Waals surface area contributed by atoms with Crippen LogP contribution in [0.25, 0.3) is 0 Å². The Balaban J connectivity index is 2.10. The third-order valence-corrected chi connectivity index (χ3v) is 3.60. The SMILES string of the molecule is CCCC(C)CC(N)CC1CCCC1. The van der Waals surface area contributed by atoms with Crippen molar-refractivity contribution in [3.05, 3.63) is 0 Å². The van der Waals surface area contributed by atoms with Gasteiger partial charge in [-0.2, -0.15) is 0 Å². The van der Waals surface area contributed by atoms with Gasteiger partial charge in [-0.1, -0.05) is 52.4 Å². The highest BCUT2D eigenvalue weighted by atomic mass is 14.6. The third kappa shape index (κ3) is 4.45. The first-order chi connectivity index (χ1) is 6.72. The van der Waals surface area contributed by atoms with E-state index in [-0.39, 0.29) is 0 Å². The monoisotopic (exact) mass is 197 g/mol. The Morgan fingerprint density at radius 2 is 1.93 bits per heavy atom. The fourth-order valence-electron chi connectivity index (χ4n) is 2.90. The molecule has 84 valence electrons. The molecule has 14 heavy (non-hydrogen) atoms. The summed E-state index contributed by atoms with van der Waals surface area (Å²) in [6, 6.07) is 0.472. The van der Waals surface area contributed by atoms with Crippen molar-refractivity contribution < 1.29 is 0 Å². The lowest BCUT2D eigenvalue weighted by atomic mass is 9.91. The standard InChI is InChI=1S/C13H27N/c1-3-6-11(2)9-13(14)10-12-7-4-5-8-12/h11-13H,3-10,14H2,1-2H3. The molecule has 0 aromatic heterocycles. The summed E-state index contributed by atoms with van der Waals surface area (Å²) in [7, 11) is 0. The molecule has 0 aromatic carbocycles. The van der Waals surface area contributed by atoms with Crippen LogP contribution in [-0.4, -0.2) is 6.04 Å². The van der Waals surface area contributed by atoms with Gasteiger partial charge in [-0.3, -0.25) is 0 Å². The summed E-state index contributed by atoms with van der Waals surface area (Å²) >= 11 is 0. The molecule has 0 radical (unpaired) electrons. The van der Waals surface area contributed by atoms with Gasteiger partial charge < -0.3 is 5.73 Å². The van der Waals surface area contributed by atoms with Gasteiger partial charge in [0.05, 0.1) is 0 Å². The second-order valence-corrected chi connectivity index (χ2v) is 5.28. The Labute approximate surface area is 89.5 Å². The Morgan fingerprint density at radius 3 is 2.50 bits per heavy atom. The molecule has 2 atom stereocenters. The fraction of sp³-hybridized carbons (Fsp3) is 1.00. The molecule has 2 N–H and O–H groups in total. The lowest BCUT2D eigenvalue weighted by Crippen LogP contribution is -2.25. The molecule has 1 heteroatoms. The minimum absolute atomic E-state index is 0.472.